The van der Waals surface area contributed by atoms with E-state index in [4.69, 9.17) is 27.7 Å². The Hall–Kier alpha value is -1.10. The van der Waals surface area contributed by atoms with Gasteiger partial charge in [0.2, 0.25) is 5.89 Å². The first-order chi connectivity index (χ1) is 9.72. The summed E-state index contributed by atoms with van der Waals surface area (Å²) in [6, 6.07) is 5.73. The second kappa shape index (κ2) is 6.12. The first kappa shape index (κ1) is 13.9. The first-order valence-electron chi connectivity index (χ1n) is 6.72. The molecule has 106 valence electrons. The van der Waals surface area contributed by atoms with Crippen molar-refractivity contribution in [2.45, 2.75) is 31.7 Å². The Morgan fingerprint density at radius 1 is 1.25 bits per heavy atom. The molecule has 1 aromatic carbocycles. The zero-order chi connectivity index (χ0) is 13.9. The van der Waals surface area contributed by atoms with Crippen LogP contribution in [-0.2, 0) is 6.42 Å². The fraction of sp³-hybridized carbons (Fsp3) is 0.429. The molecule has 2 heterocycles. The third-order valence-electron chi connectivity index (χ3n) is 3.44. The van der Waals surface area contributed by atoms with Gasteiger partial charge in [0.05, 0.1) is 16.1 Å². The van der Waals surface area contributed by atoms with Gasteiger partial charge in [0, 0.05) is 6.42 Å². The molecule has 2 aromatic rings. The molecular weight excluding hydrogens is 297 g/mol. The Balaban J connectivity index is 1.71. The monoisotopic (exact) mass is 311 g/mol. The lowest BCUT2D eigenvalue weighted by Crippen LogP contribution is -2.27. The molecule has 0 bridgehead atoms. The van der Waals surface area contributed by atoms with Crippen molar-refractivity contribution >= 4 is 23.2 Å². The summed E-state index contributed by atoms with van der Waals surface area (Å²) in [5.74, 6) is 1.35. The Morgan fingerprint density at radius 3 is 2.90 bits per heavy atom. The molecule has 0 radical (unpaired) electrons. The van der Waals surface area contributed by atoms with Crippen LogP contribution in [0.15, 0.2) is 22.7 Å². The van der Waals surface area contributed by atoms with Crippen LogP contribution < -0.4 is 5.32 Å². The van der Waals surface area contributed by atoms with E-state index >= 15 is 0 Å². The Bertz CT molecular complexity index is 594. The molecule has 4 nitrogen and oxygen atoms in total. The lowest BCUT2D eigenvalue weighted by molar-refractivity contribution is 0.296. The molecular formula is C14H15Cl2N3O. The van der Waals surface area contributed by atoms with E-state index in [0.717, 1.165) is 18.5 Å². The molecule has 1 N–H and O–H groups in total. The summed E-state index contributed by atoms with van der Waals surface area (Å²) >= 11 is 11.9. The molecule has 0 unspecified atom stereocenters. The van der Waals surface area contributed by atoms with Gasteiger partial charge in [-0.1, -0.05) is 40.8 Å². The van der Waals surface area contributed by atoms with Crippen LogP contribution in [0, 0.1) is 0 Å². The van der Waals surface area contributed by atoms with E-state index in [9.17, 15) is 0 Å². The molecule has 20 heavy (non-hydrogen) atoms. The number of benzene rings is 1. The number of nitrogens with one attached hydrogen (secondary N) is 1. The highest BCUT2D eigenvalue weighted by Crippen LogP contribution is 2.24. The second-order valence-electron chi connectivity index (χ2n) is 4.98. The van der Waals surface area contributed by atoms with Gasteiger partial charge < -0.3 is 9.84 Å². The largest absolute Gasteiger partial charge is 0.338 e. The number of halogens is 2. The molecule has 1 aromatic heterocycles. The normalized spacial score (nSPS) is 19.2. The van der Waals surface area contributed by atoms with Gasteiger partial charge in [-0.3, -0.25) is 0 Å². The summed E-state index contributed by atoms with van der Waals surface area (Å²) in [5.41, 5.74) is 1.02. The highest BCUT2D eigenvalue weighted by atomic mass is 35.5. The van der Waals surface area contributed by atoms with Gasteiger partial charge in [-0.15, -0.1) is 0 Å². The highest BCUT2D eigenvalue weighted by molar-refractivity contribution is 6.42. The molecule has 0 spiro atoms. The van der Waals surface area contributed by atoms with Crippen molar-refractivity contribution in [3.63, 3.8) is 0 Å². The van der Waals surface area contributed by atoms with Crippen LogP contribution in [-0.4, -0.2) is 16.7 Å². The van der Waals surface area contributed by atoms with Gasteiger partial charge >= 0.3 is 0 Å². The predicted octanol–water partition coefficient (Wildman–Crippen LogP) is 3.78. The van der Waals surface area contributed by atoms with Crippen molar-refractivity contribution in [1.29, 1.82) is 0 Å². The molecule has 0 amide bonds. The van der Waals surface area contributed by atoms with Crippen LogP contribution in [0.1, 0.15) is 42.6 Å². The lowest BCUT2D eigenvalue weighted by Gasteiger charge is -2.19. The summed E-state index contributed by atoms with van der Waals surface area (Å²) in [6.45, 7) is 1.01. The molecule has 1 atom stereocenters. The minimum atomic E-state index is 0.193. The zero-order valence-corrected chi connectivity index (χ0v) is 12.4. The number of piperidine rings is 1. The van der Waals surface area contributed by atoms with Crippen LogP contribution in [0.25, 0.3) is 0 Å². The Labute approximate surface area is 127 Å². The summed E-state index contributed by atoms with van der Waals surface area (Å²) in [4.78, 5) is 4.46. The van der Waals surface area contributed by atoms with Gasteiger partial charge in [-0.25, -0.2) is 0 Å². The average molecular weight is 312 g/mol. The first-order valence-corrected chi connectivity index (χ1v) is 7.48. The van der Waals surface area contributed by atoms with E-state index in [1.54, 1.807) is 6.07 Å². The average Bonchev–Trinajstić information content (AvgIpc) is 2.92. The van der Waals surface area contributed by atoms with Crippen LogP contribution in [0.2, 0.25) is 10.0 Å². The van der Waals surface area contributed by atoms with Crippen molar-refractivity contribution in [1.82, 2.24) is 15.5 Å². The van der Waals surface area contributed by atoms with E-state index in [0.29, 0.717) is 28.2 Å². The molecule has 6 heteroatoms. The summed E-state index contributed by atoms with van der Waals surface area (Å²) in [6.07, 6.45) is 4.05. The van der Waals surface area contributed by atoms with Crippen molar-refractivity contribution in [3.8, 4) is 0 Å². The van der Waals surface area contributed by atoms with E-state index in [1.165, 1.54) is 12.8 Å². The van der Waals surface area contributed by atoms with Gasteiger partial charge in [-0.2, -0.15) is 4.98 Å². The molecule has 3 rings (SSSR count). The van der Waals surface area contributed by atoms with E-state index in [2.05, 4.69) is 15.5 Å². The van der Waals surface area contributed by atoms with Gasteiger partial charge in [0.15, 0.2) is 5.82 Å². The van der Waals surface area contributed by atoms with Crippen LogP contribution in [0.4, 0.5) is 0 Å². The fourth-order valence-electron chi connectivity index (χ4n) is 2.38. The topological polar surface area (TPSA) is 51.0 Å². The third kappa shape index (κ3) is 3.14. The maximum Gasteiger partial charge on any atom is 0.243 e. The van der Waals surface area contributed by atoms with E-state index < -0.39 is 0 Å². The molecule has 0 saturated carbocycles. The van der Waals surface area contributed by atoms with Crippen LogP contribution in [0.3, 0.4) is 0 Å². The summed E-state index contributed by atoms with van der Waals surface area (Å²) in [5, 5.41) is 8.53. The van der Waals surface area contributed by atoms with Gasteiger partial charge in [-0.05, 0) is 37.1 Å². The quantitative estimate of drug-likeness (QED) is 0.937. The number of rotatable bonds is 3. The number of hydrogen-bond donors (Lipinski definition) is 1. The molecule has 1 saturated heterocycles. The smallest absolute Gasteiger partial charge is 0.243 e. The predicted molar refractivity (Wildman–Crippen MR) is 78.2 cm³/mol. The van der Waals surface area contributed by atoms with Crippen molar-refractivity contribution in [3.05, 3.63) is 45.5 Å². The highest BCUT2D eigenvalue weighted by Gasteiger charge is 2.20. The van der Waals surface area contributed by atoms with E-state index in [-0.39, 0.29) is 6.04 Å². The van der Waals surface area contributed by atoms with Gasteiger partial charge in [0.25, 0.3) is 0 Å². The number of nitrogens with zero attached hydrogens (tertiary/aromatic N) is 2. The maximum absolute atomic E-state index is 6.00. The standard InChI is InChI=1S/C14H15Cl2N3O/c15-10-5-4-9(7-11(10)16)8-13-18-14(20-19-13)12-3-1-2-6-17-12/h4-5,7,12,17H,1-3,6,8H2/t12-/m0/s1. The maximum atomic E-state index is 6.00. The fourth-order valence-corrected chi connectivity index (χ4v) is 2.70. The molecule has 0 aliphatic carbocycles. The van der Waals surface area contributed by atoms with Crippen LogP contribution >= 0.6 is 23.2 Å². The number of hydrogen-bond acceptors (Lipinski definition) is 4. The lowest BCUT2D eigenvalue weighted by atomic mass is 10.1. The molecule has 1 aliphatic rings. The SMILES string of the molecule is Clc1ccc(Cc2noc([C@@H]3CCCCN3)n2)cc1Cl. The summed E-state index contributed by atoms with van der Waals surface area (Å²) in [7, 11) is 0. The summed E-state index contributed by atoms with van der Waals surface area (Å²) < 4.78 is 5.35. The molecule has 1 aliphatic heterocycles. The Kier molecular flexibility index (Phi) is 4.24. The van der Waals surface area contributed by atoms with Gasteiger partial charge in [0.1, 0.15) is 0 Å². The minimum Gasteiger partial charge on any atom is -0.338 e. The molecule has 1 fully saturated rings. The zero-order valence-electron chi connectivity index (χ0n) is 10.9. The second-order valence-corrected chi connectivity index (χ2v) is 5.79. The van der Waals surface area contributed by atoms with E-state index in [1.807, 2.05) is 12.1 Å². The van der Waals surface area contributed by atoms with Crippen molar-refractivity contribution < 1.29 is 4.52 Å². The van der Waals surface area contributed by atoms with Crippen molar-refractivity contribution in [2.24, 2.45) is 0 Å². The van der Waals surface area contributed by atoms with Crippen molar-refractivity contribution in [2.75, 3.05) is 6.54 Å². The Morgan fingerprint density at radius 2 is 2.15 bits per heavy atom. The number of aromatic nitrogens is 2. The minimum absolute atomic E-state index is 0.193. The van der Waals surface area contributed by atoms with Crippen LogP contribution in [0.5, 0.6) is 0 Å². The third-order valence-corrected chi connectivity index (χ3v) is 4.18.